The predicted molar refractivity (Wildman–Crippen MR) is 107 cm³/mol. The van der Waals surface area contributed by atoms with E-state index in [0.29, 0.717) is 39.2 Å². The third-order valence-corrected chi connectivity index (χ3v) is 4.90. The third kappa shape index (κ3) is 5.40. The molecule has 1 heterocycles. The number of nitrogens with one attached hydrogen (secondary N) is 2. The molecule has 1 rings (SSSR count). The van der Waals surface area contributed by atoms with Gasteiger partial charge in [-0.1, -0.05) is 0 Å². The fraction of sp³-hybridized carbons (Fsp3) is 0.588. The Morgan fingerprint density at radius 2 is 1.80 bits per heavy atom. The van der Waals surface area contributed by atoms with Gasteiger partial charge in [-0.15, -0.1) is 11.3 Å². The molecule has 0 radical (unpaired) electrons. The van der Waals surface area contributed by atoms with E-state index in [2.05, 4.69) is 10.6 Å². The lowest BCUT2D eigenvalue weighted by Gasteiger charge is -2.22. The van der Waals surface area contributed by atoms with E-state index in [-0.39, 0.29) is 11.4 Å². The van der Waals surface area contributed by atoms with E-state index < -0.39 is 5.97 Å². The third-order valence-electron chi connectivity index (χ3n) is 3.50. The summed E-state index contributed by atoms with van der Waals surface area (Å²) in [6, 6.07) is 0. The second kappa shape index (κ2) is 8.62. The Hall–Kier alpha value is -1.67. The van der Waals surface area contributed by atoms with Gasteiger partial charge in [0.2, 0.25) is 0 Å². The fourth-order valence-corrected chi connectivity index (χ4v) is 3.92. The second-order valence-electron chi connectivity index (χ2n) is 6.56. The highest BCUT2D eigenvalue weighted by atomic mass is 32.1. The van der Waals surface area contributed by atoms with Gasteiger partial charge < -0.3 is 20.3 Å². The summed E-state index contributed by atoms with van der Waals surface area (Å²) in [6.45, 7) is 12.8. The molecule has 0 aliphatic carbocycles. The van der Waals surface area contributed by atoms with Crippen LogP contribution < -0.4 is 10.6 Å². The van der Waals surface area contributed by atoms with E-state index in [1.54, 1.807) is 11.8 Å². The summed E-state index contributed by atoms with van der Waals surface area (Å²) in [5, 5.41) is 7.08. The number of carbonyl (C=O) groups is 2. The molecule has 1 amide bonds. The van der Waals surface area contributed by atoms with E-state index in [9.17, 15) is 9.59 Å². The molecule has 140 valence electrons. The van der Waals surface area contributed by atoms with Crippen molar-refractivity contribution < 1.29 is 14.3 Å². The van der Waals surface area contributed by atoms with Gasteiger partial charge in [-0.25, -0.2) is 4.79 Å². The van der Waals surface area contributed by atoms with Crippen molar-refractivity contribution in [2.24, 2.45) is 0 Å². The Balaban J connectivity index is 3.28. The Kier molecular flexibility index (Phi) is 7.37. The first-order valence-corrected chi connectivity index (χ1v) is 9.38. The smallest absolute Gasteiger partial charge is 0.341 e. The molecule has 8 heteroatoms. The van der Waals surface area contributed by atoms with Gasteiger partial charge in [0, 0.05) is 18.6 Å². The van der Waals surface area contributed by atoms with Crippen LogP contribution in [0.4, 0.5) is 5.00 Å². The topological polar surface area (TPSA) is 70.7 Å². The number of amides is 1. The normalized spacial score (nSPS) is 11.0. The van der Waals surface area contributed by atoms with E-state index in [4.69, 9.17) is 17.0 Å². The number of carbonyl (C=O) groups excluding carboxylic acids is 2. The maximum Gasteiger partial charge on any atom is 0.341 e. The number of esters is 1. The zero-order valence-electron chi connectivity index (χ0n) is 15.9. The van der Waals surface area contributed by atoms with Crippen LogP contribution in [0.5, 0.6) is 0 Å². The van der Waals surface area contributed by atoms with Gasteiger partial charge in [0.15, 0.2) is 5.11 Å². The Labute approximate surface area is 158 Å². The maximum atomic E-state index is 12.7. The lowest BCUT2D eigenvalue weighted by Crippen LogP contribution is -2.43. The molecule has 1 aromatic heterocycles. The summed E-state index contributed by atoms with van der Waals surface area (Å²) in [7, 11) is 1.32. The van der Waals surface area contributed by atoms with Crippen LogP contribution in [0.15, 0.2) is 0 Å². The van der Waals surface area contributed by atoms with Crippen LogP contribution in [0.1, 0.15) is 60.2 Å². The Bertz CT molecular complexity index is 659. The summed E-state index contributed by atoms with van der Waals surface area (Å²) in [5.74, 6) is -0.589. The standard InChI is InChI=1S/C17H27N3O3S2/c1-8-20(9-2)14(21)12-10(3)11(15(22)23-7)13(25-12)18-16(24)19-17(4,5)6/h8-9H2,1-7H3,(H2,18,19,24). The first-order valence-electron chi connectivity index (χ1n) is 8.15. The summed E-state index contributed by atoms with van der Waals surface area (Å²) in [5.41, 5.74) is 0.734. The largest absolute Gasteiger partial charge is 0.465 e. The number of ether oxygens (including phenoxy) is 1. The van der Waals surface area contributed by atoms with Crippen molar-refractivity contribution >= 4 is 45.5 Å². The van der Waals surface area contributed by atoms with Gasteiger partial charge in [0.05, 0.1) is 17.6 Å². The molecule has 0 spiro atoms. The highest BCUT2D eigenvalue weighted by molar-refractivity contribution is 7.80. The van der Waals surface area contributed by atoms with Gasteiger partial charge in [-0.05, 0) is 59.3 Å². The zero-order valence-corrected chi connectivity index (χ0v) is 17.5. The molecule has 0 saturated carbocycles. The quantitative estimate of drug-likeness (QED) is 0.598. The summed E-state index contributed by atoms with van der Waals surface area (Å²) in [4.78, 5) is 27.2. The Morgan fingerprint density at radius 3 is 2.24 bits per heavy atom. The number of anilines is 1. The molecule has 0 atom stereocenters. The molecule has 0 aliphatic heterocycles. The minimum Gasteiger partial charge on any atom is -0.465 e. The SMILES string of the molecule is CCN(CC)C(=O)c1sc(NC(=S)NC(C)(C)C)c(C(=O)OC)c1C. The number of hydrogen-bond acceptors (Lipinski definition) is 5. The first kappa shape index (κ1) is 21.4. The van der Waals surface area contributed by atoms with Gasteiger partial charge in [0.25, 0.3) is 5.91 Å². The van der Waals surface area contributed by atoms with Gasteiger partial charge in [-0.3, -0.25) is 4.79 Å². The average Bonchev–Trinajstić information content (AvgIpc) is 2.82. The van der Waals surface area contributed by atoms with Crippen LogP contribution in [0, 0.1) is 6.92 Å². The van der Waals surface area contributed by atoms with Crippen molar-refractivity contribution in [1.29, 1.82) is 0 Å². The van der Waals surface area contributed by atoms with Gasteiger partial charge in [-0.2, -0.15) is 0 Å². The molecule has 0 bridgehead atoms. The summed E-state index contributed by atoms with van der Waals surface area (Å²) >= 11 is 6.54. The molecular weight excluding hydrogens is 358 g/mol. The van der Waals surface area contributed by atoms with Crippen molar-refractivity contribution in [2.45, 2.75) is 47.1 Å². The monoisotopic (exact) mass is 385 g/mol. The van der Waals surface area contributed by atoms with Crippen molar-refractivity contribution in [3.8, 4) is 0 Å². The molecule has 0 fully saturated rings. The van der Waals surface area contributed by atoms with Crippen molar-refractivity contribution in [3.63, 3.8) is 0 Å². The molecule has 2 N–H and O–H groups in total. The summed E-state index contributed by atoms with van der Waals surface area (Å²) < 4.78 is 4.89. The van der Waals surface area contributed by atoms with Crippen molar-refractivity contribution in [1.82, 2.24) is 10.2 Å². The molecule has 1 aromatic rings. The number of nitrogens with zero attached hydrogens (tertiary/aromatic N) is 1. The first-order chi connectivity index (χ1) is 11.6. The predicted octanol–water partition coefficient (Wildman–Crippen LogP) is 3.41. The van der Waals surface area contributed by atoms with Crippen LogP contribution in [0.25, 0.3) is 0 Å². The summed E-state index contributed by atoms with van der Waals surface area (Å²) in [6.07, 6.45) is 0. The number of thiophene rings is 1. The molecular formula is C17H27N3O3S2. The van der Waals surface area contributed by atoms with E-state index in [0.717, 1.165) is 0 Å². The van der Waals surface area contributed by atoms with Gasteiger partial charge >= 0.3 is 5.97 Å². The van der Waals surface area contributed by atoms with Crippen molar-refractivity contribution in [3.05, 3.63) is 16.0 Å². The van der Waals surface area contributed by atoms with Crippen molar-refractivity contribution in [2.75, 3.05) is 25.5 Å². The molecule has 0 aliphatic rings. The molecule has 0 saturated heterocycles. The highest BCUT2D eigenvalue weighted by Crippen LogP contribution is 2.34. The van der Waals surface area contributed by atoms with E-state index >= 15 is 0 Å². The van der Waals surface area contributed by atoms with Crippen LogP contribution in [0.3, 0.4) is 0 Å². The lowest BCUT2D eigenvalue weighted by molar-refractivity contribution is 0.0601. The van der Waals surface area contributed by atoms with E-state index in [1.165, 1.54) is 18.4 Å². The number of hydrogen-bond donors (Lipinski definition) is 2. The number of methoxy groups -OCH3 is 1. The average molecular weight is 386 g/mol. The minimum atomic E-state index is -0.492. The maximum absolute atomic E-state index is 12.7. The number of thiocarbonyl (C=S) groups is 1. The molecule has 0 aromatic carbocycles. The van der Waals surface area contributed by atoms with Crippen LogP contribution in [-0.4, -0.2) is 47.6 Å². The second-order valence-corrected chi connectivity index (χ2v) is 7.99. The minimum absolute atomic E-state index is 0.0969. The molecule has 6 nitrogen and oxygen atoms in total. The molecule has 0 unspecified atom stereocenters. The van der Waals surface area contributed by atoms with Crippen LogP contribution >= 0.6 is 23.6 Å². The zero-order chi connectivity index (χ0) is 19.4. The van der Waals surface area contributed by atoms with Crippen LogP contribution in [-0.2, 0) is 4.74 Å². The highest BCUT2D eigenvalue weighted by Gasteiger charge is 2.27. The Morgan fingerprint density at radius 1 is 1.24 bits per heavy atom. The lowest BCUT2D eigenvalue weighted by atomic mass is 10.1. The number of rotatable bonds is 5. The fourth-order valence-electron chi connectivity index (χ4n) is 2.28. The van der Waals surface area contributed by atoms with E-state index in [1.807, 2.05) is 34.6 Å². The van der Waals surface area contributed by atoms with Gasteiger partial charge in [0.1, 0.15) is 5.00 Å². The molecule has 25 heavy (non-hydrogen) atoms. The van der Waals surface area contributed by atoms with Crippen LogP contribution in [0.2, 0.25) is 0 Å².